The van der Waals surface area contributed by atoms with Gasteiger partial charge in [-0.1, -0.05) is 60.7 Å². The minimum Gasteiger partial charge on any atom is -1.00 e. The molecule has 0 amide bonds. The zero-order chi connectivity index (χ0) is 15.1. The standard InChI is InChI=1S/C20H28N.HI/c1-18(17-20-13-8-5-9-14-20)21(2,3)16-10-15-19-11-6-4-7-12-19;/h4-9,11-14,18H,10,15-17H2,1-3H3;1H/q+1;/p-1/t18-;/m0./s1. The van der Waals surface area contributed by atoms with Gasteiger partial charge in [0, 0.05) is 12.8 Å². The fraction of sp³-hybridized carbons (Fsp3) is 0.400. The Labute approximate surface area is 153 Å². The highest BCUT2D eigenvalue weighted by Crippen LogP contribution is 2.15. The summed E-state index contributed by atoms with van der Waals surface area (Å²) < 4.78 is 1.09. The quantitative estimate of drug-likeness (QED) is 0.478. The lowest BCUT2D eigenvalue weighted by molar-refractivity contribution is -0.913. The number of halogens is 1. The molecule has 0 saturated carbocycles. The lowest BCUT2D eigenvalue weighted by Crippen LogP contribution is -3.00. The molecule has 2 aromatic carbocycles. The summed E-state index contributed by atoms with van der Waals surface area (Å²) in [6.45, 7) is 3.60. The average molecular weight is 409 g/mol. The summed E-state index contributed by atoms with van der Waals surface area (Å²) in [6.07, 6.45) is 3.58. The van der Waals surface area contributed by atoms with Crippen molar-refractivity contribution in [1.82, 2.24) is 0 Å². The van der Waals surface area contributed by atoms with E-state index in [2.05, 4.69) is 81.7 Å². The van der Waals surface area contributed by atoms with Crippen LogP contribution in [0, 0.1) is 0 Å². The highest BCUT2D eigenvalue weighted by molar-refractivity contribution is 5.15. The van der Waals surface area contributed by atoms with Gasteiger partial charge in [0.05, 0.1) is 26.7 Å². The molecule has 1 atom stereocenters. The number of likely N-dealkylation sites (N-methyl/N-ethyl adjacent to an activating group) is 1. The SMILES string of the molecule is C[C@@H](Cc1ccccc1)[N+](C)(C)CCCc1ccccc1.[I-]. The van der Waals surface area contributed by atoms with E-state index in [9.17, 15) is 0 Å². The van der Waals surface area contributed by atoms with Gasteiger partial charge in [0.2, 0.25) is 0 Å². The lowest BCUT2D eigenvalue weighted by Gasteiger charge is -2.36. The van der Waals surface area contributed by atoms with E-state index in [0.717, 1.165) is 10.9 Å². The summed E-state index contributed by atoms with van der Waals surface area (Å²) in [5, 5.41) is 0. The van der Waals surface area contributed by atoms with Crippen LogP contribution in [-0.2, 0) is 12.8 Å². The van der Waals surface area contributed by atoms with E-state index >= 15 is 0 Å². The number of nitrogens with zero attached hydrogens (tertiary/aromatic N) is 1. The highest BCUT2D eigenvalue weighted by Gasteiger charge is 2.23. The summed E-state index contributed by atoms with van der Waals surface area (Å²) in [5.41, 5.74) is 2.90. The maximum absolute atomic E-state index is 2.37. The van der Waals surface area contributed by atoms with Gasteiger partial charge in [-0.25, -0.2) is 0 Å². The molecule has 0 aliphatic heterocycles. The first kappa shape index (κ1) is 19.2. The van der Waals surface area contributed by atoms with Crippen molar-refractivity contribution in [3.8, 4) is 0 Å². The molecule has 0 fully saturated rings. The predicted molar refractivity (Wildman–Crippen MR) is 91.3 cm³/mol. The van der Waals surface area contributed by atoms with Crippen LogP contribution in [0.1, 0.15) is 24.5 Å². The number of rotatable bonds is 7. The van der Waals surface area contributed by atoms with E-state index in [1.807, 2.05) is 0 Å². The minimum absolute atomic E-state index is 0. The third-order valence-corrected chi connectivity index (χ3v) is 4.61. The van der Waals surface area contributed by atoms with E-state index in [1.54, 1.807) is 0 Å². The van der Waals surface area contributed by atoms with Crippen LogP contribution in [-0.4, -0.2) is 31.2 Å². The Balaban J connectivity index is 0.00000242. The van der Waals surface area contributed by atoms with Gasteiger partial charge in [-0.05, 0) is 24.5 Å². The summed E-state index contributed by atoms with van der Waals surface area (Å²) in [5.74, 6) is 0. The van der Waals surface area contributed by atoms with Gasteiger partial charge < -0.3 is 28.5 Å². The molecule has 0 bridgehead atoms. The predicted octanol–water partition coefficient (Wildman–Crippen LogP) is 1.33. The summed E-state index contributed by atoms with van der Waals surface area (Å²) >= 11 is 0. The summed E-state index contributed by atoms with van der Waals surface area (Å²) in [4.78, 5) is 0. The van der Waals surface area contributed by atoms with Crippen LogP contribution in [0.15, 0.2) is 60.7 Å². The minimum atomic E-state index is 0. The molecule has 0 aromatic heterocycles. The van der Waals surface area contributed by atoms with Crippen molar-refractivity contribution in [2.24, 2.45) is 0 Å². The molecule has 0 heterocycles. The van der Waals surface area contributed by atoms with E-state index < -0.39 is 0 Å². The van der Waals surface area contributed by atoms with Crippen molar-refractivity contribution >= 4 is 0 Å². The number of aryl methyl sites for hydroxylation is 1. The molecule has 0 spiro atoms. The van der Waals surface area contributed by atoms with E-state index in [0.29, 0.717) is 6.04 Å². The Bertz CT molecular complexity index is 522. The van der Waals surface area contributed by atoms with Gasteiger partial charge in [0.15, 0.2) is 0 Å². The normalized spacial score (nSPS) is 12.5. The molecule has 2 aromatic rings. The van der Waals surface area contributed by atoms with Gasteiger partial charge >= 0.3 is 0 Å². The van der Waals surface area contributed by atoms with E-state index in [-0.39, 0.29) is 24.0 Å². The third kappa shape index (κ3) is 6.09. The molecule has 22 heavy (non-hydrogen) atoms. The Morgan fingerprint density at radius 1 is 0.818 bits per heavy atom. The van der Waals surface area contributed by atoms with Crippen LogP contribution in [0.2, 0.25) is 0 Å². The molecule has 0 saturated heterocycles. The Morgan fingerprint density at radius 3 is 1.86 bits per heavy atom. The average Bonchev–Trinajstić information content (AvgIpc) is 2.49. The van der Waals surface area contributed by atoms with E-state index in [1.165, 1.54) is 30.5 Å². The molecule has 120 valence electrons. The topological polar surface area (TPSA) is 0 Å². The largest absolute Gasteiger partial charge is 1.00 e. The summed E-state index contributed by atoms with van der Waals surface area (Å²) in [7, 11) is 4.72. The smallest absolute Gasteiger partial charge is 0.0898 e. The van der Waals surface area contributed by atoms with Crippen LogP contribution in [0.4, 0.5) is 0 Å². The molecule has 0 radical (unpaired) electrons. The second-order valence-corrected chi connectivity index (χ2v) is 6.63. The first-order valence-corrected chi connectivity index (χ1v) is 7.98. The van der Waals surface area contributed by atoms with Gasteiger partial charge in [0.1, 0.15) is 0 Å². The van der Waals surface area contributed by atoms with Crippen molar-refractivity contribution in [2.75, 3.05) is 20.6 Å². The van der Waals surface area contributed by atoms with Crippen molar-refractivity contribution < 1.29 is 28.5 Å². The molecule has 0 N–H and O–H groups in total. The van der Waals surface area contributed by atoms with Crippen LogP contribution in [0.5, 0.6) is 0 Å². The van der Waals surface area contributed by atoms with Crippen molar-refractivity contribution in [1.29, 1.82) is 0 Å². The maximum atomic E-state index is 2.37. The Morgan fingerprint density at radius 2 is 1.32 bits per heavy atom. The molecule has 1 nitrogen and oxygen atoms in total. The second-order valence-electron chi connectivity index (χ2n) is 6.63. The molecule has 0 aliphatic rings. The Kier molecular flexibility index (Phi) is 8.12. The zero-order valence-electron chi connectivity index (χ0n) is 14.0. The zero-order valence-corrected chi connectivity index (χ0v) is 16.2. The highest BCUT2D eigenvalue weighted by atomic mass is 127. The number of hydrogen-bond donors (Lipinski definition) is 0. The maximum Gasteiger partial charge on any atom is 0.0898 e. The van der Waals surface area contributed by atoms with Gasteiger partial charge in [-0.15, -0.1) is 0 Å². The van der Waals surface area contributed by atoms with E-state index in [4.69, 9.17) is 0 Å². The molecule has 2 rings (SSSR count). The van der Waals surface area contributed by atoms with Crippen LogP contribution >= 0.6 is 0 Å². The molecule has 0 aliphatic carbocycles. The fourth-order valence-corrected chi connectivity index (χ4v) is 2.76. The molecular formula is C20H28IN. The van der Waals surface area contributed by atoms with Crippen molar-refractivity contribution in [3.05, 3.63) is 71.8 Å². The number of quaternary nitrogens is 1. The lowest BCUT2D eigenvalue weighted by atomic mass is 10.0. The van der Waals surface area contributed by atoms with Gasteiger partial charge in [0.25, 0.3) is 0 Å². The first-order valence-electron chi connectivity index (χ1n) is 7.98. The molecular weight excluding hydrogens is 381 g/mol. The molecule has 0 unspecified atom stereocenters. The molecule has 2 heteroatoms. The Hall–Kier alpha value is -0.870. The van der Waals surface area contributed by atoms with Crippen LogP contribution < -0.4 is 24.0 Å². The van der Waals surface area contributed by atoms with Crippen LogP contribution in [0.25, 0.3) is 0 Å². The van der Waals surface area contributed by atoms with Crippen molar-refractivity contribution in [3.63, 3.8) is 0 Å². The first-order chi connectivity index (χ1) is 10.1. The van der Waals surface area contributed by atoms with Crippen molar-refractivity contribution in [2.45, 2.75) is 32.2 Å². The number of hydrogen-bond acceptors (Lipinski definition) is 0. The number of benzene rings is 2. The third-order valence-electron chi connectivity index (χ3n) is 4.61. The second kappa shape index (κ2) is 9.31. The fourth-order valence-electron chi connectivity index (χ4n) is 2.76. The monoisotopic (exact) mass is 409 g/mol. The summed E-state index contributed by atoms with van der Waals surface area (Å²) in [6, 6.07) is 22.3. The van der Waals surface area contributed by atoms with Gasteiger partial charge in [-0.2, -0.15) is 0 Å². The van der Waals surface area contributed by atoms with Gasteiger partial charge in [-0.3, -0.25) is 0 Å². The van der Waals surface area contributed by atoms with Crippen LogP contribution in [0.3, 0.4) is 0 Å².